The van der Waals surface area contributed by atoms with E-state index in [0.29, 0.717) is 6.54 Å². The molecule has 4 heteroatoms. The molecule has 0 aliphatic heterocycles. The van der Waals surface area contributed by atoms with Gasteiger partial charge in [-0.2, -0.15) is 0 Å². The molecule has 0 aromatic heterocycles. The van der Waals surface area contributed by atoms with Crippen LogP contribution >= 0.6 is 0 Å². The first-order valence-corrected chi connectivity index (χ1v) is 2.78. The Labute approximate surface area is 44.8 Å². The third-order valence-electron chi connectivity index (χ3n) is 0.346. The zero-order valence-electron chi connectivity index (χ0n) is 3.72. The highest BCUT2D eigenvalue weighted by Crippen LogP contribution is 1.61. The zero-order chi connectivity index (χ0) is 5.70. The van der Waals surface area contributed by atoms with Crippen molar-refractivity contribution in [1.82, 2.24) is 4.72 Å². The van der Waals surface area contributed by atoms with Gasteiger partial charge in [0.2, 0.25) is 0 Å². The van der Waals surface area contributed by atoms with E-state index in [4.69, 9.17) is 0 Å². The Kier molecular flexibility index (Phi) is 3.87. The van der Waals surface area contributed by atoms with Gasteiger partial charge in [0.05, 0.1) is 0 Å². The molecule has 0 fully saturated rings. The molecule has 1 N–H and O–H groups in total. The largest absolute Gasteiger partial charge is 0.760 e. The van der Waals surface area contributed by atoms with E-state index in [9.17, 15) is 8.76 Å². The quantitative estimate of drug-likeness (QED) is 0.405. The molecule has 0 amide bonds. The summed E-state index contributed by atoms with van der Waals surface area (Å²) in [6.07, 6.45) is 1.47. The summed E-state index contributed by atoms with van der Waals surface area (Å²) in [4.78, 5) is 0. The molecule has 0 saturated carbocycles. The highest BCUT2D eigenvalue weighted by molar-refractivity contribution is 7.77. The van der Waals surface area contributed by atoms with Crippen molar-refractivity contribution in [2.24, 2.45) is 0 Å². The van der Waals surface area contributed by atoms with Crippen LogP contribution in [0.4, 0.5) is 0 Å². The fraction of sp³-hybridized carbons (Fsp3) is 0.333. The fourth-order valence-corrected chi connectivity index (χ4v) is 0.381. The van der Waals surface area contributed by atoms with Crippen molar-refractivity contribution in [2.45, 2.75) is 0 Å². The smallest absolute Gasteiger partial charge is 0.0249 e. The van der Waals surface area contributed by atoms with Crippen LogP contribution in [0.5, 0.6) is 0 Å². The van der Waals surface area contributed by atoms with Gasteiger partial charge in [-0.1, -0.05) is 6.08 Å². The van der Waals surface area contributed by atoms with E-state index in [1.54, 1.807) is 0 Å². The van der Waals surface area contributed by atoms with Crippen molar-refractivity contribution in [3.8, 4) is 0 Å². The molecule has 0 heterocycles. The van der Waals surface area contributed by atoms with Crippen LogP contribution in [0.2, 0.25) is 0 Å². The summed E-state index contributed by atoms with van der Waals surface area (Å²) in [6.45, 7) is 3.60. The third-order valence-corrected chi connectivity index (χ3v) is 0.748. The van der Waals surface area contributed by atoms with E-state index in [2.05, 4.69) is 11.3 Å². The van der Waals surface area contributed by atoms with Crippen LogP contribution in [-0.2, 0) is 11.3 Å². The van der Waals surface area contributed by atoms with E-state index in [0.717, 1.165) is 0 Å². The topological polar surface area (TPSA) is 52.2 Å². The van der Waals surface area contributed by atoms with Crippen LogP contribution in [0.15, 0.2) is 12.7 Å². The Morgan fingerprint density at radius 3 is 2.71 bits per heavy atom. The molecule has 1 atom stereocenters. The predicted octanol–water partition coefficient (Wildman–Crippen LogP) is -0.444. The Balaban J connectivity index is 2.97. The fourth-order valence-electron chi connectivity index (χ4n) is 0.127. The van der Waals surface area contributed by atoms with Crippen LogP contribution in [0.3, 0.4) is 0 Å². The van der Waals surface area contributed by atoms with E-state index >= 15 is 0 Å². The molecule has 0 aromatic rings. The maximum Gasteiger partial charge on any atom is 0.0249 e. The van der Waals surface area contributed by atoms with Gasteiger partial charge >= 0.3 is 0 Å². The first kappa shape index (κ1) is 6.81. The normalized spacial score (nSPS) is 13.3. The molecule has 1 unspecified atom stereocenters. The van der Waals surface area contributed by atoms with Gasteiger partial charge in [-0.05, 0) is 0 Å². The lowest BCUT2D eigenvalue weighted by Gasteiger charge is -2.01. The van der Waals surface area contributed by atoms with Crippen LogP contribution in [0.1, 0.15) is 0 Å². The summed E-state index contributed by atoms with van der Waals surface area (Å²) >= 11 is -2.14. The van der Waals surface area contributed by atoms with Crippen molar-refractivity contribution >= 4 is 11.3 Å². The highest BCUT2D eigenvalue weighted by atomic mass is 32.2. The van der Waals surface area contributed by atoms with Crippen molar-refractivity contribution in [3.05, 3.63) is 12.7 Å². The Hall–Kier alpha value is -0.190. The first-order valence-electron chi connectivity index (χ1n) is 1.71. The summed E-state index contributed by atoms with van der Waals surface area (Å²) in [5, 5.41) is 0. The Morgan fingerprint density at radius 2 is 2.57 bits per heavy atom. The lowest BCUT2D eigenvalue weighted by Crippen LogP contribution is -2.15. The molecule has 0 aromatic carbocycles. The van der Waals surface area contributed by atoms with Gasteiger partial charge in [0.25, 0.3) is 0 Å². The highest BCUT2D eigenvalue weighted by Gasteiger charge is 1.71. The SMILES string of the molecule is C=CCNS(=O)[O-]. The predicted molar refractivity (Wildman–Crippen MR) is 27.1 cm³/mol. The summed E-state index contributed by atoms with van der Waals surface area (Å²) in [5.41, 5.74) is 0. The van der Waals surface area contributed by atoms with Crippen LogP contribution in [0, 0.1) is 0 Å². The maximum atomic E-state index is 9.60. The molecular weight excluding hydrogens is 114 g/mol. The molecule has 0 aliphatic carbocycles. The van der Waals surface area contributed by atoms with E-state index in [-0.39, 0.29) is 0 Å². The number of hydrogen-bond acceptors (Lipinski definition) is 2. The maximum absolute atomic E-state index is 9.60. The molecule has 0 saturated heterocycles. The lowest BCUT2D eigenvalue weighted by molar-refractivity contribution is 0.526. The van der Waals surface area contributed by atoms with Crippen molar-refractivity contribution in [3.63, 3.8) is 0 Å². The molecule has 0 bridgehead atoms. The molecule has 3 nitrogen and oxygen atoms in total. The Bertz CT molecular complexity index is 83.0. The number of hydrogen-bond donors (Lipinski definition) is 1. The monoisotopic (exact) mass is 120 g/mol. The van der Waals surface area contributed by atoms with E-state index in [1.807, 2.05) is 0 Å². The van der Waals surface area contributed by atoms with E-state index < -0.39 is 11.3 Å². The molecule has 0 radical (unpaired) electrons. The summed E-state index contributed by atoms with van der Waals surface area (Å²) in [6, 6.07) is 0. The van der Waals surface area contributed by atoms with Gasteiger partial charge in [-0.3, -0.25) is 4.21 Å². The molecule has 42 valence electrons. The minimum absolute atomic E-state index is 0.302. The average Bonchev–Trinajstić information content (AvgIpc) is 1.61. The molecule has 0 aliphatic rings. The first-order chi connectivity index (χ1) is 3.27. The minimum Gasteiger partial charge on any atom is -0.760 e. The summed E-state index contributed by atoms with van der Waals surface area (Å²) < 4.78 is 21.3. The molecule has 7 heavy (non-hydrogen) atoms. The Morgan fingerprint density at radius 1 is 2.00 bits per heavy atom. The zero-order valence-corrected chi connectivity index (χ0v) is 4.53. The van der Waals surface area contributed by atoms with Crippen LogP contribution < -0.4 is 4.72 Å². The van der Waals surface area contributed by atoms with E-state index in [1.165, 1.54) is 6.08 Å². The second-order valence-electron chi connectivity index (χ2n) is 0.872. The molecule has 0 rings (SSSR count). The van der Waals surface area contributed by atoms with Crippen molar-refractivity contribution < 1.29 is 8.76 Å². The van der Waals surface area contributed by atoms with Gasteiger partial charge in [0.15, 0.2) is 0 Å². The standard InChI is InChI=1S/C3H7NO2S/c1-2-3-4-7(5)6/h2,4H,1,3H2,(H,5,6)/p-1. The summed E-state index contributed by atoms with van der Waals surface area (Å²) in [5.74, 6) is 0. The minimum atomic E-state index is -2.14. The lowest BCUT2D eigenvalue weighted by atomic mass is 10.7. The van der Waals surface area contributed by atoms with Crippen LogP contribution in [-0.4, -0.2) is 15.3 Å². The average molecular weight is 120 g/mol. The summed E-state index contributed by atoms with van der Waals surface area (Å²) in [7, 11) is 0. The van der Waals surface area contributed by atoms with Gasteiger partial charge in [0.1, 0.15) is 0 Å². The second kappa shape index (κ2) is 3.98. The van der Waals surface area contributed by atoms with Gasteiger partial charge < -0.3 is 4.55 Å². The second-order valence-corrected chi connectivity index (χ2v) is 1.63. The van der Waals surface area contributed by atoms with Gasteiger partial charge in [0, 0.05) is 17.8 Å². The van der Waals surface area contributed by atoms with Gasteiger partial charge in [-0.25, -0.2) is 4.72 Å². The number of nitrogens with one attached hydrogen (secondary N) is 1. The molecular formula is C3H6NO2S-. The molecule has 0 spiro atoms. The van der Waals surface area contributed by atoms with Crippen molar-refractivity contribution in [2.75, 3.05) is 6.54 Å². The number of rotatable bonds is 3. The van der Waals surface area contributed by atoms with Gasteiger partial charge in [-0.15, -0.1) is 6.58 Å². The third kappa shape index (κ3) is 5.81. The van der Waals surface area contributed by atoms with Crippen LogP contribution in [0.25, 0.3) is 0 Å². The van der Waals surface area contributed by atoms with Crippen molar-refractivity contribution in [1.29, 1.82) is 0 Å².